The summed E-state index contributed by atoms with van der Waals surface area (Å²) in [5.41, 5.74) is 2.95. The van der Waals surface area contributed by atoms with Crippen molar-refractivity contribution in [3.8, 4) is 0 Å². The molecule has 2 aliphatic heterocycles. The molecule has 0 saturated heterocycles. The van der Waals surface area contributed by atoms with E-state index in [-0.39, 0.29) is 0 Å². The minimum atomic E-state index is -1.98. The first-order valence-corrected chi connectivity index (χ1v) is 13.1. The van der Waals surface area contributed by atoms with Crippen LogP contribution in [0.1, 0.15) is 11.3 Å². The molecule has 148 valence electrons. The van der Waals surface area contributed by atoms with Crippen molar-refractivity contribution in [2.24, 2.45) is 0 Å². The molecule has 0 saturated carbocycles. The normalized spacial score (nSPS) is 17.3. The smallest absolute Gasteiger partial charge is 0.156 e. The summed E-state index contributed by atoms with van der Waals surface area (Å²) in [5, 5.41) is 11.5. The van der Waals surface area contributed by atoms with Gasteiger partial charge in [-0.1, -0.05) is 54.6 Å². The molecule has 0 amide bonds. The van der Waals surface area contributed by atoms with E-state index in [4.69, 9.17) is 0 Å². The number of nitrogens with zero attached hydrogens (tertiary/aromatic N) is 1. The third-order valence-corrected chi connectivity index (χ3v) is 12.1. The Bertz CT molecular complexity index is 1680. The van der Waals surface area contributed by atoms with E-state index in [2.05, 4.69) is 120 Å². The lowest BCUT2D eigenvalue weighted by Gasteiger charge is -2.26. The van der Waals surface area contributed by atoms with Crippen LogP contribution >= 0.6 is 7.26 Å². The molecule has 1 unspecified atom stereocenters. The Balaban J connectivity index is 1.68. The Morgan fingerprint density at radius 2 is 1.22 bits per heavy atom. The van der Waals surface area contributed by atoms with Crippen LogP contribution in [0.4, 0.5) is 0 Å². The van der Waals surface area contributed by atoms with Crippen molar-refractivity contribution in [1.82, 2.24) is 0 Å². The van der Waals surface area contributed by atoms with Crippen molar-refractivity contribution in [2.45, 2.75) is 5.78 Å². The average molecular weight is 425 g/mol. The fraction of sp³-hybridized carbons (Fsp3) is 0.0333. The molecular weight excluding hydrogens is 405 g/mol. The van der Waals surface area contributed by atoms with Crippen molar-refractivity contribution in [3.63, 3.8) is 0 Å². The van der Waals surface area contributed by atoms with Gasteiger partial charge >= 0.3 is 0 Å². The van der Waals surface area contributed by atoms with E-state index >= 15 is 0 Å². The van der Waals surface area contributed by atoms with Crippen molar-refractivity contribution in [2.75, 3.05) is 0 Å². The van der Waals surface area contributed by atoms with Crippen LogP contribution in [0.15, 0.2) is 115 Å². The molecule has 6 aromatic rings. The highest BCUT2D eigenvalue weighted by Crippen LogP contribution is 2.72. The number of hydrogen-bond acceptors (Lipinski definition) is 0. The zero-order valence-corrected chi connectivity index (χ0v) is 18.3. The first kappa shape index (κ1) is 17.1. The molecule has 8 rings (SSSR count). The van der Waals surface area contributed by atoms with Crippen LogP contribution in [0.25, 0.3) is 32.4 Å². The first-order valence-electron chi connectivity index (χ1n) is 11.2. The van der Waals surface area contributed by atoms with Crippen LogP contribution in [0.3, 0.4) is 0 Å². The van der Waals surface area contributed by atoms with Gasteiger partial charge in [0.1, 0.15) is 15.9 Å². The SMILES string of the molecule is c1ccc([P+]2(c3ccccc3)c3cccc4cc5ccc6ccc[n+]7c6c5c(c34)C72)cc1. The van der Waals surface area contributed by atoms with Gasteiger partial charge in [-0.3, -0.25) is 0 Å². The predicted octanol–water partition coefficient (Wildman–Crippen LogP) is 5.60. The largest absolute Gasteiger partial charge is 0.298 e. The molecule has 3 heterocycles. The molecule has 5 aromatic carbocycles. The van der Waals surface area contributed by atoms with Crippen LogP contribution in [-0.4, -0.2) is 0 Å². The molecule has 0 radical (unpaired) electrons. The monoisotopic (exact) mass is 425 g/mol. The van der Waals surface area contributed by atoms with E-state index < -0.39 is 7.26 Å². The van der Waals surface area contributed by atoms with Gasteiger partial charge in [-0.05, 0) is 59.3 Å². The van der Waals surface area contributed by atoms with E-state index in [0.29, 0.717) is 5.78 Å². The van der Waals surface area contributed by atoms with Gasteiger partial charge in [0.05, 0.1) is 10.9 Å². The van der Waals surface area contributed by atoms with Gasteiger partial charge in [0.15, 0.2) is 13.5 Å². The highest BCUT2D eigenvalue weighted by Gasteiger charge is 2.67. The van der Waals surface area contributed by atoms with Crippen molar-refractivity contribution in [3.05, 3.63) is 121 Å². The van der Waals surface area contributed by atoms with Crippen molar-refractivity contribution < 1.29 is 4.57 Å². The molecule has 0 N–H and O–H groups in total. The summed E-state index contributed by atoms with van der Waals surface area (Å²) in [6, 6.07) is 41.1. The van der Waals surface area contributed by atoms with Gasteiger partial charge in [0.25, 0.3) is 5.78 Å². The second kappa shape index (κ2) is 5.82. The maximum absolute atomic E-state index is 2.61. The summed E-state index contributed by atoms with van der Waals surface area (Å²) in [5.74, 6) is 0.303. The van der Waals surface area contributed by atoms with Gasteiger partial charge in [0.2, 0.25) is 5.52 Å². The lowest BCUT2D eigenvalue weighted by atomic mass is 9.97. The van der Waals surface area contributed by atoms with Gasteiger partial charge in [-0.15, -0.1) is 0 Å². The lowest BCUT2D eigenvalue weighted by Crippen LogP contribution is -2.45. The third kappa shape index (κ3) is 1.81. The quantitative estimate of drug-likeness (QED) is 0.147. The molecule has 2 heteroatoms. The number of rotatable bonds is 2. The molecule has 32 heavy (non-hydrogen) atoms. The van der Waals surface area contributed by atoms with E-state index in [9.17, 15) is 0 Å². The number of hydrogen-bond donors (Lipinski definition) is 0. The second-order valence-corrected chi connectivity index (χ2v) is 12.4. The predicted molar refractivity (Wildman–Crippen MR) is 136 cm³/mol. The Labute approximate surface area is 186 Å². The Morgan fingerprint density at radius 1 is 0.562 bits per heavy atom. The zero-order chi connectivity index (χ0) is 20.9. The second-order valence-electron chi connectivity index (χ2n) is 8.95. The van der Waals surface area contributed by atoms with Gasteiger partial charge in [0, 0.05) is 16.8 Å². The molecule has 0 fully saturated rings. The van der Waals surface area contributed by atoms with Crippen LogP contribution < -0.4 is 20.5 Å². The minimum Gasteiger partial charge on any atom is -0.156 e. The topological polar surface area (TPSA) is 3.88 Å². The highest BCUT2D eigenvalue weighted by molar-refractivity contribution is 7.96. The van der Waals surface area contributed by atoms with Gasteiger partial charge in [-0.25, -0.2) is 0 Å². The number of fused-ring (bicyclic) bond motifs is 1. The van der Waals surface area contributed by atoms with Crippen LogP contribution in [-0.2, 0) is 0 Å². The summed E-state index contributed by atoms with van der Waals surface area (Å²) in [6.45, 7) is 0. The molecule has 1 nitrogen and oxygen atoms in total. The molecule has 0 aliphatic carbocycles. The third-order valence-electron chi connectivity index (χ3n) is 7.54. The van der Waals surface area contributed by atoms with E-state index in [0.717, 1.165) is 0 Å². The fourth-order valence-electron chi connectivity index (χ4n) is 6.46. The number of pyridine rings is 1. The summed E-state index contributed by atoms with van der Waals surface area (Å²) in [6.07, 6.45) is 2.32. The number of benzene rings is 5. The molecule has 2 aliphatic rings. The summed E-state index contributed by atoms with van der Waals surface area (Å²) in [4.78, 5) is 0. The summed E-state index contributed by atoms with van der Waals surface area (Å²) >= 11 is 0. The van der Waals surface area contributed by atoms with Crippen molar-refractivity contribution in [1.29, 1.82) is 0 Å². The highest BCUT2D eigenvalue weighted by atomic mass is 31.2. The van der Waals surface area contributed by atoms with Gasteiger partial charge in [-0.2, -0.15) is 4.57 Å². The maximum Gasteiger partial charge on any atom is 0.298 e. The van der Waals surface area contributed by atoms with E-state index in [1.807, 2.05) is 0 Å². The van der Waals surface area contributed by atoms with E-state index in [1.54, 1.807) is 5.56 Å². The molecular formula is C30H20NP+2. The standard InChI is InChI=1S/C30H20NP/c1-3-11-23(12-4-1)32(24-13-5-2-6-14-24)25-15-7-9-21-19-22-17-16-20-10-8-18-31-29(20)27(22)28(26(21)25)30(31)32/h1-19,30H/q+2. The van der Waals surface area contributed by atoms with Crippen LogP contribution in [0.5, 0.6) is 0 Å². The maximum atomic E-state index is 2.61. The fourth-order valence-corrected chi connectivity index (χ4v) is 11.6. The molecule has 0 spiro atoms. The first-order chi connectivity index (χ1) is 15.9. The Morgan fingerprint density at radius 3 is 1.97 bits per heavy atom. The summed E-state index contributed by atoms with van der Waals surface area (Å²) in [7, 11) is -1.98. The Hall–Kier alpha value is -3.54. The van der Waals surface area contributed by atoms with E-state index in [1.165, 1.54) is 48.4 Å². The number of aromatic nitrogens is 1. The molecule has 0 bridgehead atoms. The summed E-state index contributed by atoms with van der Waals surface area (Å²) < 4.78 is 2.61. The van der Waals surface area contributed by atoms with Crippen molar-refractivity contribution >= 4 is 55.6 Å². The molecule has 1 atom stereocenters. The zero-order valence-electron chi connectivity index (χ0n) is 17.4. The van der Waals surface area contributed by atoms with Crippen LogP contribution in [0, 0.1) is 0 Å². The van der Waals surface area contributed by atoms with Crippen LogP contribution in [0.2, 0.25) is 0 Å². The lowest BCUT2D eigenvalue weighted by molar-refractivity contribution is -0.662. The van der Waals surface area contributed by atoms with Gasteiger partial charge < -0.3 is 0 Å². The molecule has 1 aromatic heterocycles. The average Bonchev–Trinajstić information content (AvgIpc) is 3.37. The minimum absolute atomic E-state index is 0.303. The Kier molecular flexibility index (Phi) is 3.11.